The molecule has 30 heavy (non-hydrogen) atoms. The van der Waals surface area contributed by atoms with Crippen LogP contribution in [0.3, 0.4) is 0 Å². The minimum absolute atomic E-state index is 0. The second-order valence-corrected chi connectivity index (χ2v) is 11.6. The molecule has 0 radical (unpaired) electrons. The third kappa shape index (κ3) is 22.9. The van der Waals surface area contributed by atoms with E-state index in [2.05, 4.69) is 48.6 Å². The van der Waals surface area contributed by atoms with Gasteiger partial charge in [0.2, 0.25) is 0 Å². The predicted octanol–water partition coefficient (Wildman–Crippen LogP) is 6.26. The number of hydrogen-bond donors (Lipinski definition) is 0. The minimum atomic E-state index is 0. The van der Waals surface area contributed by atoms with Crippen LogP contribution in [0.4, 0.5) is 0 Å². The molecule has 0 fully saturated rings. The van der Waals surface area contributed by atoms with Crippen LogP contribution < -0.4 is 12.4 Å². The Balaban J connectivity index is 0. The summed E-state index contributed by atoms with van der Waals surface area (Å²) in [5.41, 5.74) is 0. The van der Waals surface area contributed by atoms with Gasteiger partial charge in [-0.3, -0.25) is 0 Å². The molecule has 0 bridgehead atoms. The van der Waals surface area contributed by atoms with Crippen LogP contribution in [-0.2, 0) is 0 Å². The normalized spacial score (nSPS) is 12.2. The van der Waals surface area contributed by atoms with Crippen LogP contribution in [0.15, 0.2) is 0 Å². The number of quaternary nitrogens is 1. The van der Waals surface area contributed by atoms with Crippen molar-refractivity contribution in [2.24, 2.45) is 17.8 Å². The SMILES string of the molecule is CC(C)CCCCCC[N+](C)(CCCCCCC(C)C)CCCCCCC(C)C.[Cl-]. The first-order valence-corrected chi connectivity index (χ1v) is 13.6. The van der Waals surface area contributed by atoms with Crippen molar-refractivity contribution in [2.45, 2.75) is 138 Å². The lowest BCUT2D eigenvalue weighted by Crippen LogP contribution is -3.00. The van der Waals surface area contributed by atoms with E-state index in [-0.39, 0.29) is 12.4 Å². The highest BCUT2D eigenvalue weighted by Gasteiger charge is 2.20. The molecule has 0 rings (SSSR count). The van der Waals surface area contributed by atoms with Gasteiger partial charge in [0.1, 0.15) is 0 Å². The van der Waals surface area contributed by atoms with Gasteiger partial charge in [-0.2, -0.15) is 0 Å². The van der Waals surface area contributed by atoms with Crippen LogP contribution >= 0.6 is 0 Å². The lowest BCUT2D eigenvalue weighted by Gasteiger charge is -2.35. The third-order valence-corrected chi connectivity index (χ3v) is 6.69. The smallest absolute Gasteiger partial charge is 0.0784 e. The maximum atomic E-state index is 2.57. The zero-order valence-corrected chi connectivity index (χ0v) is 23.0. The highest BCUT2D eigenvalue weighted by atomic mass is 35.5. The van der Waals surface area contributed by atoms with E-state index >= 15 is 0 Å². The van der Waals surface area contributed by atoms with Crippen LogP contribution in [0.2, 0.25) is 0 Å². The predicted molar refractivity (Wildman–Crippen MR) is 135 cm³/mol. The van der Waals surface area contributed by atoms with Crippen LogP contribution in [0.5, 0.6) is 0 Å². The zero-order valence-electron chi connectivity index (χ0n) is 22.3. The second-order valence-electron chi connectivity index (χ2n) is 11.6. The monoisotopic (exact) mass is 445 g/mol. The van der Waals surface area contributed by atoms with Gasteiger partial charge in [0.05, 0.1) is 26.7 Å². The summed E-state index contributed by atoms with van der Waals surface area (Å²) in [6.45, 7) is 18.4. The first-order chi connectivity index (χ1) is 13.7. The van der Waals surface area contributed by atoms with Crippen molar-refractivity contribution in [3.63, 3.8) is 0 Å². The number of nitrogens with zero attached hydrogens (tertiary/aromatic N) is 1. The highest BCUT2D eigenvalue weighted by molar-refractivity contribution is 4.53. The van der Waals surface area contributed by atoms with Crippen molar-refractivity contribution in [2.75, 3.05) is 26.7 Å². The molecule has 184 valence electrons. The van der Waals surface area contributed by atoms with E-state index in [9.17, 15) is 0 Å². The Kier molecular flexibility index (Phi) is 22.8. The van der Waals surface area contributed by atoms with Gasteiger partial charge < -0.3 is 16.9 Å². The van der Waals surface area contributed by atoms with Crippen LogP contribution in [0, 0.1) is 17.8 Å². The van der Waals surface area contributed by atoms with Gasteiger partial charge >= 0.3 is 0 Å². The van der Waals surface area contributed by atoms with E-state index in [1.807, 2.05) is 0 Å². The molecule has 0 amide bonds. The fraction of sp³-hybridized carbons (Fsp3) is 1.00. The Morgan fingerprint density at radius 3 is 0.867 bits per heavy atom. The first-order valence-electron chi connectivity index (χ1n) is 13.6. The Bertz CT molecular complexity index is 287. The first kappa shape index (κ1) is 32.4. The standard InChI is InChI=1S/C28H60N.ClH/c1-26(2)20-14-8-11-17-23-29(7,24-18-12-9-15-21-27(3)4)25-19-13-10-16-22-28(5)6;/h26-28H,8-25H2,1-7H3;1H/q+1;/p-1. The molecule has 0 saturated carbocycles. The summed E-state index contributed by atoms with van der Waals surface area (Å²) in [6, 6.07) is 0. The molecule has 0 aliphatic carbocycles. The lowest BCUT2D eigenvalue weighted by atomic mass is 10.0. The van der Waals surface area contributed by atoms with E-state index in [0.717, 1.165) is 17.8 Å². The van der Waals surface area contributed by atoms with Crippen molar-refractivity contribution >= 4 is 0 Å². The Morgan fingerprint density at radius 2 is 0.633 bits per heavy atom. The number of hydrogen-bond acceptors (Lipinski definition) is 0. The minimum Gasteiger partial charge on any atom is -1.00 e. The van der Waals surface area contributed by atoms with E-state index < -0.39 is 0 Å². The van der Waals surface area contributed by atoms with E-state index in [4.69, 9.17) is 0 Å². The van der Waals surface area contributed by atoms with E-state index in [1.54, 1.807) is 0 Å². The van der Waals surface area contributed by atoms with Crippen LogP contribution in [0.1, 0.15) is 138 Å². The second kappa shape index (κ2) is 21.1. The summed E-state index contributed by atoms with van der Waals surface area (Å²) < 4.78 is 1.35. The van der Waals surface area contributed by atoms with E-state index in [0.29, 0.717) is 0 Å². The number of rotatable bonds is 21. The van der Waals surface area contributed by atoms with Gasteiger partial charge in [-0.1, -0.05) is 99.3 Å². The molecule has 0 aliphatic heterocycles. The highest BCUT2D eigenvalue weighted by Crippen LogP contribution is 2.17. The summed E-state index contributed by atoms with van der Waals surface area (Å²) >= 11 is 0. The van der Waals surface area contributed by atoms with Gasteiger partial charge in [-0.05, 0) is 56.3 Å². The molecular formula is C28H60ClN. The lowest BCUT2D eigenvalue weighted by molar-refractivity contribution is -0.910. The number of halogens is 1. The maximum Gasteiger partial charge on any atom is 0.0784 e. The van der Waals surface area contributed by atoms with Crippen molar-refractivity contribution in [3.05, 3.63) is 0 Å². The van der Waals surface area contributed by atoms with Gasteiger partial charge in [0.15, 0.2) is 0 Å². The Labute approximate surface area is 199 Å². The summed E-state index contributed by atoms with van der Waals surface area (Å²) in [6.07, 6.45) is 21.6. The van der Waals surface area contributed by atoms with Gasteiger partial charge in [-0.25, -0.2) is 0 Å². The quantitative estimate of drug-likeness (QED) is 0.144. The fourth-order valence-electron chi connectivity index (χ4n) is 4.53. The topological polar surface area (TPSA) is 0 Å². The molecule has 0 saturated heterocycles. The molecule has 0 heterocycles. The summed E-state index contributed by atoms with van der Waals surface area (Å²) in [7, 11) is 2.57. The van der Waals surface area contributed by atoms with Crippen molar-refractivity contribution in [1.82, 2.24) is 0 Å². The summed E-state index contributed by atoms with van der Waals surface area (Å²) in [5, 5.41) is 0. The van der Waals surface area contributed by atoms with Crippen molar-refractivity contribution < 1.29 is 16.9 Å². The molecule has 0 aromatic rings. The molecule has 0 N–H and O–H groups in total. The number of unbranched alkanes of at least 4 members (excludes halogenated alkanes) is 9. The summed E-state index contributed by atoms with van der Waals surface area (Å²) in [4.78, 5) is 0. The molecule has 2 heteroatoms. The molecule has 0 aromatic heterocycles. The molecule has 0 atom stereocenters. The Morgan fingerprint density at radius 1 is 0.400 bits per heavy atom. The van der Waals surface area contributed by atoms with Gasteiger partial charge in [-0.15, -0.1) is 0 Å². The molecular weight excluding hydrogens is 386 g/mol. The van der Waals surface area contributed by atoms with Crippen molar-refractivity contribution in [1.29, 1.82) is 0 Å². The van der Waals surface area contributed by atoms with Gasteiger partial charge in [0.25, 0.3) is 0 Å². The largest absolute Gasteiger partial charge is 1.00 e. The van der Waals surface area contributed by atoms with E-state index in [1.165, 1.54) is 120 Å². The molecule has 0 aromatic carbocycles. The maximum absolute atomic E-state index is 2.57. The molecule has 1 nitrogen and oxygen atoms in total. The van der Waals surface area contributed by atoms with Crippen LogP contribution in [-0.4, -0.2) is 31.2 Å². The van der Waals surface area contributed by atoms with Crippen molar-refractivity contribution in [3.8, 4) is 0 Å². The average molecular weight is 446 g/mol. The zero-order chi connectivity index (χ0) is 22.0. The fourth-order valence-corrected chi connectivity index (χ4v) is 4.53. The summed E-state index contributed by atoms with van der Waals surface area (Å²) in [5.74, 6) is 2.63. The van der Waals surface area contributed by atoms with Gasteiger partial charge in [0, 0.05) is 0 Å². The van der Waals surface area contributed by atoms with Crippen LogP contribution in [0.25, 0.3) is 0 Å². The third-order valence-electron chi connectivity index (χ3n) is 6.69. The molecule has 0 unspecified atom stereocenters. The Hall–Kier alpha value is 0.250. The average Bonchev–Trinajstić information content (AvgIpc) is 2.63. The molecule has 0 aliphatic rings. The molecule has 0 spiro atoms.